The number of fused-ring (bicyclic) bond motifs is 2. The van der Waals surface area contributed by atoms with E-state index in [1.807, 2.05) is 6.07 Å². The zero-order chi connectivity index (χ0) is 11.2. The molecule has 0 amide bonds. The van der Waals surface area contributed by atoms with E-state index in [9.17, 15) is 4.79 Å². The first-order chi connectivity index (χ1) is 7.71. The van der Waals surface area contributed by atoms with Gasteiger partial charge in [-0.3, -0.25) is 4.79 Å². The maximum Gasteiger partial charge on any atom is 0.164 e. The fourth-order valence-electron chi connectivity index (χ4n) is 3.38. The van der Waals surface area contributed by atoms with Crippen molar-refractivity contribution in [2.75, 3.05) is 0 Å². The van der Waals surface area contributed by atoms with E-state index >= 15 is 0 Å². The fourth-order valence-corrected chi connectivity index (χ4v) is 3.74. The van der Waals surface area contributed by atoms with E-state index in [2.05, 4.69) is 28.1 Å². The zero-order valence-electron chi connectivity index (χ0n) is 9.26. The minimum absolute atomic E-state index is 0.200. The summed E-state index contributed by atoms with van der Waals surface area (Å²) in [6, 6.07) is 6.24. The lowest BCUT2D eigenvalue weighted by atomic mass is 9.70. The molecule has 0 aliphatic heterocycles. The van der Waals surface area contributed by atoms with Crippen LogP contribution in [0.25, 0.3) is 0 Å². The first-order valence-electron chi connectivity index (χ1n) is 6.05. The van der Waals surface area contributed by atoms with Crippen molar-refractivity contribution in [1.82, 2.24) is 0 Å². The molecule has 16 heavy (non-hydrogen) atoms. The Morgan fingerprint density at radius 2 is 1.88 bits per heavy atom. The highest BCUT2D eigenvalue weighted by molar-refractivity contribution is 9.10. The number of hydrogen-bond donors (Lipinski definition) is 0. The van der Waals surface area contributed by atoms with Crippen LogP contribution in [0.3, 0.4) is 0 Å². The van der Waals surface area contributed by atoms with Crippen LogP contribution in [0.4, 0.5) is 0 Å². The second-order valence-electron chi connectivity index (χ2n) is 5.13. The molecule has 0 aromatic heterocycles. The number of Topliss-reactive ketones (excluding diaryl/α,β-unsaturated/α-hetero) is 1. The normalized spacial score (nSPS) is 22.4. The van der Waals surface area contributed by atoms with Crippen LogP contribution in [-0.2, 0) is 5.41 Å². The molecule has 1 nitrogen and oxygen atoms in total. The lowest BCUT2D eigenvalue weighted by Gasteiger charge is -2.33. The molecule has 2 aliphatic carbocycles. The molecule has 0 bridgehead atoms. The third-order valence-electron chi connectivity index (χ3n) is 4.16. The Hall–Kier alpha value is -0.630. The van der Waals surface area contributed by atoms with E-state index < -0.39 is 0 Å². The zero-order valence-corrected chi connectivity index (χ0v) is 10.8. The van der Waals surface area contributed by atoms with Gasteiger partial charge in [-0.05, 0) is 30.5 Å². The first kappa shape index (κ1) is 10.5. The van der Waals surface area contributed by atoms with Gasteiger partial charge in [-0.1, -0.05) is 41.3 Å². The van der Waals surface area contributed by atoms with E-state index in [0.717, 1.165) is 16.5 Å². The van der Waals surface area contributed by atoms with E-state index in [1.165, 1.54) is 37.7 Å². The van der Waals surface area contributed by atoms with Gasteiger partial charge in [0.2, 0.25) is 0 Å². The summed E-state index contributed by atoms with van der Waals surface area (Å²) in [5.74, 6) is 0.346. The number of ketones is 1. The summed E-state index contributed by atoms with van der Waals surface area (Å²) >= 11 is 3.45. The Balaban J connectivity index is 2.11. The Morgan fingerprint density at radius 1 is 1.12 bits per heavy atom. The molecular weight excluding hydrogens is 264 g/mol. The highest BCUT2D eigenvalue weighted by Crippen LogP contribution is 2.48. The van der Waals surface area contributed by atoms with Gasteiger partial charge >= 0.3 is 0 Å². The number of halogens is 1. The van der Waals surface area contributed by atoms with Gasteiger partial charge in [0.25, 0.3) is 0 Å². The molecule has 2 aliphatic rings. The highest BCUT2D eigenvalue weighted by atomic mass is 79.9. The lowest BCUT2D eigenvalue weighted by Crippen LogP contribution is -2.26. The highest BCUT2D eigenvalue weighted by Gasteiger charge is 2.43. The average Bonchev–Trinajstić information content (AvgIpc) is 2.53. The molecule has 1 spiro atoms. The Morgan fingerprint density at radius 3 is 2.62 bits per heavy atom. The summed E-state index contributed by atoms with van der Waals surface area (Å²) in [6.07, 6.45) is 7.05. The lowest BCUT2D eigenvalue weighted by molar-refractivity contribution is 0.0962. The van der Waals surface area contributed by atoms with Crippen molar-refractivity contribution in [2.45, 2.75) is 43.9 Å². The third-order valence-corrected chi connectivity index (χ3v) is 4.66. The molecule has 1 aromatic carbocycles. The summed E-state index contributed by atoms with van der Waals surface area (Å²) in [6.45, 7) is 0. The van der Waals surface area contributed by atoms with Crippen molar-refractivity contribution in [3.8, 4) is 0 Å². The van der Waals surface area contributed by atoms with Crippen molar-refractivity contribution in [1.29, 1.82) is 0 Å². The summed E-state index contributed by atoms with van der Waals surface area (Å²) < 4.78 is 1.02. The van der Waals surface area contributed by atoms with Crippen LogP contribution in [0.5, 0.6) is 0 Å². The van der Waals surface area contributed by atoms with Gasteiger partial charge in [0, 0.05) is 21.9 Å². The molecule has 0 saturated heterocycles. The Labute approximate surface area is 104 Å². The number of rotatable bonds is 0. The molecule has 1 aromatic rings. The summed E-state index contributed by atoms with van der Waals surface area (Å²) in [4.78, 5) is 12.1. The van der Waals surface area contributed by atoms with Crippen molar-refractivity contribution >= 4 is 21.7 Å². The van der Waals surface area contributed by atoms with E-state index in [0.29, 0.717) is 5.78 Å². The number of carbonyl (C=O) groups is 1. The predicted molar refractivity (Wildman–Crippen MR) is 67.9 cm³/mol. The molecule has 0 heterocycles. The minimum Gasteiger partial charge on any atom is -0.294 e. The molecule has 0 unspecified atom stereocenters. The predicted octanol–water partition coefficient (Wildman–Crippen LogP) is 4.24. The largest absolute Gasteiger partial charge is 0.294 e. The van der Waals surface area contributed by atoms with Crippen LogP contribution < -0.4 is 0 Å². The fraction of sp³-hybridized carbons (Fsp3) is 0.500. The molecule has 0 atom stereocenters. The Kier molecular flexibility index (Phi) is 2.43. The van der Waals surface area contributed by atoms with Gasteiger partial charge in [0.05, 0.1) is 0 Å². The Bertz CT molecular complexity index is 444. The molecule has 3 rings (SSSR count). The quantitative estimate of drug-likeness (QED) is 0.694. The van der Waals surface area contributed by atoms with Gasteiger partial charge in [0.1, 0.15) is 0 Å². The molecule has 84 valence electrons. The van der Waals surface area contributed by atoms with E-state index in [1.54, 1.807) is 0 Å². The molecule has 1 saturated carbocycles. The second-order valence-corrected chi connectivity index (χ2v) is 6.05. The maximum absolute atomic E-state index is 12.1. The van der Waals surface area contributed by atoms with Crippen LogP contribution in [0.1, 0.15) is 54.4 Å². The van der Waals surface area contributed by atoms with Gasteiger partial charge in [-0.15, -0.1) is 0 Å². The summed E-state index contributed by atoms with van der Waals surface area (Å²) in [7, 11) is 0. The summed E-state index contributed by atoms with van der Waals surface area (Å²) in [5.41, 5.74) is 2.49. The first-order valence-corrected chi connectivity index (χ1v) is 6.84. The van der Waals surface area contributed by atoms with Crippen LogP contribution in [0, 0.1) is 0 Å². The second kappa shape index (κ2) is 3.69. The monoisotopic (exact) mass is 278 g/mol. The smallest absolute Gasteiger partial charge is 0.164 e. The number of benzene rings is 1. The van der Waals surface area contributed by atoms with Crippen molar-refractivity contribution in [2.24, 2.45) is 0 Å². The maximum atomic E-state index is 12.1. The van der Waals surface area contributed by atoms with Crippen LogP contribution in [0.2, 0.25) is 0 Å². The van der Waals surface area contributed by atoms with E-state index in [-0.39, 0.29) is 5.41 Å². The van der Waals surface area contributed by atoms with Crippen molar-refractivity contribution in [3.63, 3.8) is 0 Å². The SMILES string of the molecule is O=C1CC2(CCCCC2)c2ccc(Br)cc21. The van der Waals surface area contributed by atoms with Crippen LogP contribution in [0.15, 0.2) is 22.7 Å². The summed E-state index contributed by atoms with van der Waals surface area (Å²) in [5, 5.41) is 0. The molecular formula is C14H15BrO. The van der Waals surface area contributed by atoms with Gasteiger partial charge in [0.15, 0.2) is 5.78 Å². The number of hydrogen-bond acceptors (Lipinski definition) is 1. The van der Waals surface area contributed by atoms with Gasteiger partial charge in [-0.25, -0.2) is 0 Å². The molecule has 0 radical (unpaired) electrons. The van der Waals surface area contributed by atoms with E-state index in [4.69, 9.17) is 0 Å². The number of carbonyl (C=O) groups excluding carboxylic acids is 1. The average molecular weight is 279 g/mol. The molecule has 0 N–H and O–H groups in total. The van der Waals surface area contributed by atoms with Crippen molar-refractivity contribution in [3.05, 3.63) is 33.8 Å². The van der Waals surface area contributed by atoms with Crippen molar-refractivity contribution < 1.29 is 4.79 Å². The van der Waals surface area contributed by atoms with Gasteiger partial charge in [-0.2, -0.15) is 0 Å². The molecule has 1 fully saturated rings. The minimum atomic E-state index is 0.200. The van der Waals surface area contributed by atoms with Gasteiger partial charge < -0.3 is 0 Å². The van der Waals surface area contributed by atoms with Crippen LogP contribution >= 0.6 is 15.9 Å². The van der Waals surface area contributed by atoms with Crippen LogP contribution in [-0.4, -0.2) is 5.78 Å². The molecule has 2 heteroatoms. The topological polar surface area (TPSA) is 17.1 Å². The third kappa shape index (κ3) is 1.46. The standard InChI is InChI=1S/C14H15BrO/c15-10-4-5-12-11(8-10)13(16)9-14(12)6-2-1-3-7-14/h4-5,8H,1-3,6-7,9H2.